The molecule has 1 heterocycles. The van der Waals surface area contributed by atoms with Crippen molar-refractivity contribution in [2.24, 2.45) is 11.3 Å². The number of likely N-dealkylation sites (tertiary alicyclic amines) is 1. The molecule has 0 unspecified atom stereocenters. The van der Waals surface area contributed by atoms with Crippen LogP contribution in [0.1, 0.15) is 46.0 Å². The molecular formula is C12H25N3O. The Morgan fingerprint density at radius 1 is 1.31 bits per heavy atom. The summed E-state index contributed by atoms with van der Waals surface area (Å²) in [7, 11) is 0. The van der Waals surface area contributed by atoms with Crippen molar-refractivity contribution in [3.05, 3.63) is 0 Å². The third-order valence-electron chi connectivity index (χ3n) is 4.23. The van der Waals surface area contributed by atoms with Crippen molar-refractivity contribution in [3.8, 4) is 0 Å². The first-order chi connectivity index (χ1) is 7.65. The fraction of sp³-hybridized carbons (Fsp3) is 0.917. The van der Waals surface area contributed by atoms with Gasteiger partial charge in [-0.3, -0.25) is 10.2 Å². The normalized spacial score (nSPS) is 20.7. The standard InChI is InChI=1S/C12H25N3O/c1-3-12(4-2)6-9-15(10-7-12)8-5-11(16)14-13/h3-10,13H2,1-2H3,(H,14,16). The minimum absolute atomic E-state index is 0.0668. The summed E-state index contributed by atoms with van der Waals surface area (Å²) in [5.41, 5.74) is 2.74. The van der Waals surface area contributed by atoms with Gasteiger partial charge in [-0.2, -0.15) is 0 Å². The molecular weight excluding hydrogens is 202 g/mol. The lowest BCUT2D eigenvalue weighted by atomic mass is 9.74. The van der Waals surface area contributed by atoms with Gasteiger partial charge in [0.05, 0.1) is 0 Å². The number of hydrazine groups is 1. The molecule has 0 aliphatic carbocycles. The molecule has 1 fully saturated rings. The van der Waals surface area contributed by atoms with Gasteiger partial charge < -0.3 is 4.90 Å². The van der Waals surface area contributed by atoms with Crippen LogP contribution in [0.4, 0.5) is 0 Å². The van der Waals surface area contributed by atoms with Gasteiger partial charge in [-0.25, -0.2) is 5.84 Å². The zero-order valence-electron chi connectivity index (χ0n) is 10.6. The van der Waals surface area contributed by atoms with E-state index < -0.39 is 0 Å². The number of piperidine rings is 1. The molecule has 0 saturated carbocycles. The van der Waals surface area contributed by atoms with Crippen LogP contribution in [0.5, 0.6) is 0 Å². The van der Waals surface area contributed by atoms with Crippen molar-refractivity contribution < 1.29 is 4.79 Å². The summed E-state index contributed by atoms with van der Waals surface area (Å²) in [6, 6.07) is 0. The van der Waals surface area contributed by atoms with Crippen molar-refractivity contribution in [1.82, 2.24) is 10.3 Å². The van der Waals surface area contributed by atoms with Crippen molar-refractivity contribution in [3.63, 3.8) is 0 Å². The molecule has 0 spiro atoms. The highest BCUT2D eigenvalue weighted by Gasteiger charge is 2.30. The molecule has 1 saturated heterocycles. The fourth-order valence-electron chi connectivity index (χ4n) is 2.54. The lowest BCUT2D eigenvalue weighted by molar-refractivity contribution is -0.121. The van der Waals surface area contributed by atoms with E-state index in [0.717, 1.165) is 19.6 Å². The molecule has 0 aromatic carbocycles. The van der Waals surface area contributed by atoms with Crippen molar-refractivity contribution in [1.29, 1.82) is 0 Å². The lowest BCUT2D eigenvalue weighted by Gasteiger charge is -2.41. The number of nitrogens with one attached hydrogen (secondary N) is 1. The number of hydrogen-bond donors (Lipinski definition) is 2. The molecule has 1 aliphatic rings. The Balaban J connectivity index is 2.29. The van der Waals surface area contributed by atoms with E-state index in [2.05, 4.69) is 24.2 Å². The number of hydrogen-bond acceptors (Lipinski definition) is 3. The van der Waals surface area contributed by atoms with Crippen LogP contribution in [-0.4, -0.2) is 30.4 Å². The summed E-state index contributed by atoms with van der Waals surface area (Å²) in [5, 5.41) is 0. The summed E-state index contributed by atoms with van der Waals surface area (Å²) in [6.45, 7) is 7.67. The highest BCUT2D eigenvalue weighted by atomic mass is 16.2. The third kappa shape index (κ3) is 3.46. The van der Waals surface area contributed by atoms with Crippen LogP contribution in [0.2, 0.25) is 0 Å². The van der Waals surface area contributed by atoms with Gasteiger partial charge in [-0.15, -0.1) is 0 Å². The first kappa shape index (κ1) is 13.5. The second kappa shape index (κ2) is 6.21. The van der Waals surface area contributed by atoms with Crippen LogP contribution in [0.15, 0.2) is 0 Å². The van der Waals surface area contributed by atoms with Gasteiger partial charge in [0.15, 0.2) is 0 Å². The molecule has 94 valence electrons. The number of nitrogens with two attached hydrogens (primary N) is 1. The highest BCUT2D eigenvalue weighted by molar-refractivity contribution is 5.75. The summed E-state index contributed by atoms with van der Waals surface area (Å²) in [5.74, 6) is 4.99. The molecule has 0 aromatic rings. The van der Waals surface area contributed by atoms with E-state index in [0.29, 0.717) is 11.8 Å². The molecule has 1 amide bonds. The number of amides is 1. The summed E-state index contributed by atoms with van der Waals surface area (Å²) >= 11 is 0. The SMILES string of the molecule is CCC1(CC)CCN(CCC(=O)NN)CC1. The molecule has 0 aromatic heterocycles. The van der Waals surface area contributed by atoms with Gasteiger partial charge in [0.1, 0.15) is 0 Å². The second-order valence-electron chi connectivity index (χ2n) is 4.87. The van der Waals surface area contributed by atoms with E-state index >= 15 is 0 Å². The minimum atomic E-state index is -0.0668. The molecule has 16 heavy (non-hydrogen) atoms. The minimum Gasteiger partial charge on any atom is -0.303 e. The molecule has 1 rings (SSSR count). The first-order valence-corrected chi connectivity index (χ1v) is 6.37. The predicted molar refractivity (Wildman–Crippen MR) is 65.6 cm³/mol. The van der Waals surface area contributed by atoms with Gasteiger partial charge >= 0.3 is 0 Å². The Hall–Kier alpha value is -0.610. The van der Waals surface area contributed by atoms with E-state index in [1.807, 2.05) is 0 Å². The maximum atomic E-state index is 11.0. The van der Waals surface area contributed by atoms with Gasteiger partial charge in [-0.1, -0.05) is 26.7 Å². The van der Waals surface area contributed by atoms with E-state index in [1.165, 1.54) is 25.7 Å². The van der Waals surface area contributed by atoms with Crippen molar-refractivity contribution in [2.45, 2.75) is 46.0 Å². The summed E-state index contributed by atoms with van der Waals surface area (Å²) in [6.07, 6.45) is 5.61. The Labute approximate surface area is 98.5 Å². The van der Waals surface area contributed by atoms with E-state index in [1.54, 1.807) is 0 Å². The second-order valence-corrected chi connectivity index (χ2v) is 4.87. The highest BCUT2D eigenvalue weighted by Crippen LogP contribution is 2.37. The zero-order valence-corrected chi connectivity index (χ0v) is 10.6. The third-order valence-corrected chi connectivity index (χ3v) is 4.23. The van der Waals surface area contributed by atoms with E-state index in [4.69, 9.17) is 5.84 Å². The predicted octanol–water partition coefficient (Wildman–Crippen LogP) is 1.27. The number of nitrogens with zero attached hydrogens (tertiary/aromatic N) is 1. The molecule has 3 N–H and O–H groups in total. The van der Waals surface area contributed by atoms with Gasteiger partial charge in [-0.05, 0) is 31.3 Å². The number of carbonyl (C=O) groups is 1. The van der Waals surface area contributed by atoms with E-state index in [-0.39, 0.29) is 5.91 Å². The first-order valence-electron chi connectivity index (χ1n) is 6.37. The Kier molecular flexibility index (Phi) is 5.22. The largest absolute Gasteiger partial charge is 0.303 e. The Morgan fingerprint density at radius 2 is 1.88 bits per heavy atom. The van der Waals surface area contributed by atoms with Crippen LogP contribution in [0.3, 0.4) is 0 Å². The molecule has 4 nitrogen and oxygen atoms in total. The average molecular weight is 227 g/mol. The molecule has 0 bridgehead atoms. The Morgan fingerprint density at radius 3 is 2.31 bits per heavy atom. The molecule has 0 atom stereocenters. The summed E-state index contributed by atoms with van der Waals surface area (Å²) in [4.78, 5) is 13.4. The van der Waals surface area contributed by atoms with Gasteiger partial charge in [0, 0.05) is 13.0 Å². The number of carbonyl (C=O) groups excluding carboxylic acids is 1. The van der Waals surface area contributed by atoms with Crippen LogP contribution >= 0.6 is 0 Å². The molecule has 0 radical (unpaired) electrons. The van der Waals surface area contributed by atoms with Crippen LogP contribution in [0.25, 0.3) is 0 Å². The lowest BCUT2D eigenvalue weighted by Crippen LogP contribution is -2.41. The van der Waals surface area contributed by atoms with Crippen molar-refractivity contribution >= 4 is 5.91 Å². The topological polar surface area (TPSA) is 58.4 Å². The van der Waals surface area contributed by atoms with E-state index in [9.17, 15) is 4.79 Å². The quantitative estimate of drug-likeness (QED) is 0.422. The van der Waals surface area contributed by atoms with Crippen molar-refractivity contribution in [2.75, 3.05) is 19.6 Å². The smallest absolute Gasteiger partial charge is 0.235 e. The fourth-order valence-corrected chi connectivity index (χ4v) is 2.54. The maximum Gasteiger partial charge on any atom is 0.235 e. The average Bonchev–Trinajstić information content (AvgIpc) is 2.36. The van der Waals surface area contributed by atoms with Crippen LogP contribution in [-0.2, 0) is 4.79 Å². The maximum absolute atomic E-state index is 11.0. The molecule has 4 heteroatoms. The zero-order chi connectivity index (χ0) is 12.0. The monoisotopic (exact) mass is 227 g/mol. The Bertz CT molecular complexity index is 216. The van der Waals surface area contributed by atoms with Crippen LogP contribution in [0, 0.1) is 5.41 Å². The van der Waals surface area contributed by atoms with Crippen LogP contribution < -0.4 is 11.3 Å². The molecule has 1 aliphatic heterocycles. The van der Waals surface area contributed by atoms with Gasteiger partial charge in [0.2, 0.25) is 5.91 Å². The number of rotatable bonds is 5. The summed E-state index contributed by atoms with van der Waals surface area (Å²) < 4.78 is 0. The van der Waals surface area contributed by atoms with Gasteiger partial charge in [0.25, 0.3) is 0 Å².